The number of nitrogens with one attached hydrogen (secondary N) is 1. The van der Waals surface area contributed by atoms with E-state index in [0.29, 0.717) is 0 Å². The number of carboxylic acid groups (broad SMARTS) is 1. The first kappa shape index (κ1) is 16.6. The molecule has 0 saturated heterocycles. The zero-order valence-electron chi connectivity index (χ0n) is 12.9. The second-order valence-electron chi connectivity index (χ2n) is 6.03. The Morgan fingerprint density at radius 1 is 1.33 bits per heavy atom. The van der Waals surface area contributed by atoms with Gasteiger partial charge in [0.15, 0.2) is 0 Å². The minimum absolute atomic E-state index is 0.0151. The topological polar surface area (TPSA) is 99.5 Å². The summed E-state index contributed by atoms with van der Waals surface area (Å²) in [4.78, 5) is 28.3. The Labute approximate surface area is 143 Å². The van der Waals surface area contributed by atoms with Gasteiger partial charge in [-0.2, -0.15) is 0 Å². The molecule has 3 rings (SSSR count). The van der Waals surface area contributed by atoms with Crippen molar-refractivity contribution in [2.24, 2.45) is 5.41 Å². The molecule has 1 saturated carbocycles. The number of aromatic nitrogens is 1. The number of aromatic carboxylic acids is 1. The van der Waals surface area contributed by atoms with Crippen molar-refractivity contribution in [3.8, 4) is 0 Å². The van der Waals surface area contributed by atoms with Crippen molar-refractivity contribution >= 4 is 23.2 Å². The average molecular weight is 346 g/mol. The van der Waals surface area contributed by atoms with E-state index in [1.165, 1.54) is 18.3 Å². The fourth-order valence-electron chi connectivity index (χ4n) is 3.01. The van der Waals surface area contributed by atoms with E-state index < -0.39 is 5.97 Å². The normalized spacial score (nSPS) is 16.9. The highest BCUT2D eigenvalue weighted by Gasteiger charge is 2.45. The van der Waals surface area contributed by atoms with Crippen LogP contribution in [0.5, 0.6) is 0 Å². The summed E-state index contributed by atoms with van der Waals surface area (Å²) >= 11 is 1.54. The number of thiophene rings is 1. The molecule has 0 aliphatic heterocycles. The standard InChI is InChI=1S/C17H18N2O4S/c20-10-17(6-2-7-17)14(13-3-1-8-24-13)19-15(21)12-5-4-11(9-18-12)16(22)23/h1,3-5,8-9,14,20H,2,6-7,10H2,(H,19,21)(H,22,23). The average Bonchev–Trinajstić information content (AvgIpc) is 3.07. The van der Waals surface area contributed by atoms with Crippen LogP contribution in [0.25, 0.3) is 0 Å². The Balaban J connectivity index is 1.82. The highest BCUT2D eigenvalue weighted by molar-refractivity contribution is 7.10. The van der Waals surface area contributed by atoms with E-state index in [0.717, 1.165) is 24.1 Å². The van der Waals surface area contributed by atoms with Crippen molar-refractivity contribution in [3.63, 3.8) is 0 Å². The summed E-state index contributed by atoms with van der Waals surface area (Å²) in [5.41, 5.74) is -0.136. The third kappa shape index (κ3) is 3.05. The summed E-state index contributed by atoms with van der Waals surface area (Å²) < 4.78 is 0. The maximum absolute atomic E-state index is 12.5. The SMILES string of the molecule is O=C(O)c1ccc(C(=O)NC(c2cccs2)C2(CO)CCC2)nc1. The number of carboxylic acids is 1. The van der Waals surface area contributed by atoms with Crippen LogP contribution in [0.1, 0.15) is 51.0 Å². The molecular formula is C17H18N2O4S. The largest absolute Gasteiger partial charge is 0.478 e. The highest BCUT2D eigenvalue weighted by atomic mass is 32.1. The molecule has 0 radical (unpaired) electrons. The molecule has 126 valence electrons. The van der Waals surface area contributed by atoms with Crippen LogP contribution in [0, 0.1) is 5.41 Å². The number of aliphatic hydroxyl groups excluding tert-OH is 1. The van der Waals surface area contributed by atoms with Crippen molar-refractivity contribution in [1.82, 2.24) is 10.3 Å². The van der Waals surface area contributed by atoms with Gasteiger partial charge in [0.2, 0.25) is 0 Å². The van der Waals surface area contributed by atoms with Crippen LogP contribution in [0.3, 0.4) is 0 Å². The van der Waals surface area contributed by atoms with Crippen LogP contribution in [-0.2, 0) is 0 Å². The predicted octanol–water partition coefficient (Wildman–Crippen LogP) is 2.48. The predicted molar refractivity (Wildman–Crippen MR) is 89.1 cm³/mol. The number of nitrogens with zero attached hydrogens (tertiary/aromatic N) is 1. The first-order valence-corrected chi connectivity index (χ1v) is 8.58. The lowest BCUT2D eigenvalue weighted by molar-refractivity contribution is 0.00703. The third-order valence-corrected chi connectivity index (χ3v) is 5.56. The second-order valence-corrected chi connectivity index (χ2v) is 7.01. The minimum atomic E-state index is -1.08. The van der Waals surface area contributed by atoms with Crippen molar-refractivity contribution in [3.05, 3.63) is 52.0 Å². The van der Waals surface area contributed by atoms with Gasteiger partial charge in [0.1, 0.15) is 5.69 Å². The molecule has 1 atom stereocenters. The molecule has 2 aromatic rings. The van der Waals surface area contributed by atoms with Crippen LogP contribution in [-0.4, -0.2) is 33.7 Å². The number of pyridine rings is 1. The molecular weight excluding hydrogens is 328 g/mol. The van der Waals surface area contributed by atoms with Gasteiger partial charge in [0, 0.05) is 16.5 Å². The summed E-state index contributed by atoms with van der Waals surface area (Å²) in [5.74, 6) is -1.45. The number of carbonyl (C=O) groups excluding carboxylic acids is 1. The van der Waals surface area contributed by atoms with E-state index in [2.05, 4.69) is 10.3 Å². The Morgan fingerprint density at radius 3 is 2.58 bits per heavy atom. The molecule has 0 aromatic carbocycles. The van der Waals surface area contributed by atoms with E-state index in [1.807, 2.05) is 17.5 Å². The van der Waals surface area contributed by atoms with Crippen LogP contribution in [0.15, 0.2) is 35.8 Å². The second kappa shape index (κ2) is 6.70. The number of rotatable bonds is 6. The maximum atomic E-state index is 12.5. The van der Waals surface area contributed by atoms with Crippen molar-refractivity contribution in [1.29, 1.82) is 0 Å². The van der Waals surface area contributed by atoms with Gasteiger partial charge in [-0.15, -0.1) is 11.3 Å². The molecule has 6 nitrogen and oxygen atoms in total. The minimum Gasteiger partial charge on any atom is -0.478 e. The molecule has 1 unspecified atom stereocenters. The quantitative estimate of drug-likeness (QED) is 0.746. The molecule has 0 bridgehead atoms. The molecule has 1 aliphatic rings. The lowest BCUT2D eigenvalue weighted by atomic mass is 9.64. The molecule has 24 heavy (non-hydrogen) atoms. The zero-order chi connectivity index (χ0) is 17.2. The van der Waals surface area contributed by atoms with Crippen molar-refractivity contribution < 1.29 is 19.8 Å². The van der Waals surface area contributed by atoms with Gasteiger partial charge < -0.3 is 15.5 Å². The zero-order valence-corrected chi connectivity index (χ0v) is 13.8. The monoisotopic (exact) mass is 346 g/mol. The van der Waals surface area contributed by atoms with E-state index in [9.17, 15) is 14.7 Å². The smallest absolute Gasteiger partial charge is 0.337 e. The van der Waals surface area contributed by atoms with E-state index in [-0.39, 0.29) is 35.2 Å². The van der Waals surface area contributed by atoms with Gasteiger partial charge in [0.05, 0.1) is 18.2 Å². The van der Waals surface area contributed by atoms with Gasteiger partial charge in [-0.25, -0.2) is 4.79 Å². The van der Waals surface area contributed by atoms with Crippen molar-refractivity contribution in [2.45, 2.75) is 25.3 Å². The van der Waals surface area contributed by atoms with Crippen LogP contribution < -0.4 is 5.32 Å². The molecule has 1 amide bonds. The summed E-state index contributed by atoms with van der Waals surface area (Å²) in [6, 6.07) is 6.35. The number of carbonyl (C=O) groups is 2. The Hall–Kier alpha value is -2.25. The maximum Gasteiger partial charge on any atom is 0.337 e. The van der Waals surface area contributed by atoms with Gasteiger partial charge in [0.25, 0.3) is 5.91 Å². The van der Waals surface area contributed by atoms with Crippen LogP contribution >= 0.6 is 11.3 Å². The summed E-state index contributed by atoms with van der Waals surface area (Å²) in [6.45, 7) is 0.0151. The number of amides is 1. The van der Waals surface area contributed by atoms with Crippen molar-refractivity contribution in [2.75, 3.05) is 6.61 Å². The van der Waals surface area contributed by atoms with E-state index in [1.54, 1.807) is 11.3 Å². The third-order valence-electron chi connectivity index (χ3n) is 4.62. The van der Waals surface area contributed by atoms with Crippen LogP contribution in [0.4, 0.5) is 0 Å². The molecule has 7 heteroatoms. The highest BCUT2D eigenvalue weighted by Crippen LogP contribution is 2.50. The van der Waals surface area contributed by atoms with Gasteiger partial charge in [-0.1, -0.05) is 12.5 Å². The Kier molecular flexibility index (Phi) is 4.64. The molecule has 2 heterocycles. The first-order valence-electron chi connectivity index (χ1n) is 7.70. The lowest BCUT2D eigenvalue weighted by Crippen LogP contribution is -2.47. The first-order chi connectivity index (χ1) is 11.6. The van der Waals surface area contributed by atoms with E-state index in [4.69, 9.17) is 5.11 Å². The fraction of sp³-hybridized carbons (Fsp3) is 0.353. The molecule has 1 fully saturated rings. The summed E-state index contributed by atoms with van der Waals surface area (Å²) in [7, 11) is 0. The van der Waals surface area contributed by atoms with Gasteiger partial charge >= 0.3 is 5.97 Å². The Morgan fingerprint density at radius 2 is 2.12 bits per heavy atom. The molecule has 1 aliphatic carbocycles. The fourth-order valence-corrected chi connectivity index (χ4v) is 3.93. The van der Waals surface area contributed by atoms with Gasteiger partial charge in [-0.05, 0) is 36.4 Å². The summed E-state index contributed by atoms with van der Waals surface area (Å²) in [6.07, 6.45) is 3.92. The van der Waals surface area contributed by atoms with E-state index >= 15 is 0 Å². The Bertz CT molecular complexity index is 718. The molecule has 0 spiro atoms. The molecule has 2 aromatic heterocycles. The number of hydrogen-bond donors (Lipinski definition) is 3. The summed E-state index contributed by atoms with van der Waals surface area (Å²) in [5, 5.41) is 23.7. The molecule has 3 N–H and O–H groups in total. The number of hydrogen-bond acceptors (Lipinski definition) is 5. The van der Waals surface area contributed by atoms with Crippen LogP contribution in [0.2, 0.25) is 0 Å². The number of aliphatic hydroxyl groups is 1. The van der Waals surface area contributed by atoms with Gasteiger partial charge in [-0.3, -0.25) is 9.78 Å². The lowest BCUT2D eigenvalue weighted by Gasteiger charge is -2.46.